The van der Waals surface area contributed by atoms with Crippen LogP contribution in [-0.2, 0) is 0 Å². The first-order chi connectivity index (χ1) is 15.2. The Morgan fingerprint density at radius 2 is 0.935 bits per heavy atom. The summed E-state index contributed by atoms with van der Waals surface area (Å²) in [6.07, 6.45) is 3.64. The number of ketones is 2. The van der Waals surface area contributed by atoms with Crippen LogP contribution < -0.4 is 0 Å². The SMILES string of the molecule is O=C(c1ccccc1)C(CC(C(=O)c1ccccc1)c1ccccn1)c1ccccn1. The first kappa shape index (κ1) is 20.4. The molecule has 2 aromatic heterocycles. The van der Waals surface area contributed by atoms with Crippen molar-refractivity contribution in [1.82, 2.24) is 9.97 Å². The molecule has 0 aliphatic heterocycles. The van der Waals surface area contributed by atoms with Crippen molar-refractivity contribution in [1.29, 1.82) is 0 Å². The number of Topliss-reactive ketones (excluding diaryl/α,β-unsaturated/α-hetero) is 2. The van der Waals surface area contributed by atoms with E-state index >= 15 is 0 Å². The van der Waals surface area contributed by atoms with Gasteiger partial charge in [0.1, 0.15) is 0 Å². The van der Waals surface area contributed by atoms with Gasteiger partial charge in [-0.3, -0.25) is 19.6 Å². The van der Waals surface area contributed by atoms with Gasteiger partial charge >= 0.3 is 0 Å². The van der Waals surface area contributed by atoms with E-state index in [1.165, 1.54) is 0 Å². The van der Waals surface area contributed by atoms with Crippen molar-refractivity contribution in [3.63, 3.8) is 0 Å². The molecule has 2 unspecified atom stereocenters. The molecule has 0 bridgehead atoms. The van der Waals surface area contributed by atoms with Gasteiger partial charge in [0.15, 0.2) is 11.6 Å². The van der Waals surface area contributed by atoms with E-state index in [1.807, 2.05) is 72.8 Å². The molecular formula is C27H22N2O2. The van der Waals surface area contributed by atoms with Crippen LogP contribution in [0.25, 0.3) is 0 Å². The lowest BCUT2D eigenvalue weighted by Gasteiger charge is -2.22. The quantitative estimate of drug-likeness (QED) is 0.363. The summed E-state index contributed by atoms with van der Waals surface area (Å²) in [6, 6.07) is 29.4. The summed E-state index contributed by atoms with van der Waals surface area (Å²) in [5, 5.41) is 0. The number of pyridine rings is 2. The molecule has 0 aliphatic rings. The van der Waals surface area contributed by atoms with Gasteiger partial charge in [-0.1, -0.05) is 72.8 Å². The largest absolute Gasteiger partial charge is 0.293 e. The molecule has 4 nitrogen and oxygen atoms in total. The van der Waals surface area contributed by atoms with Gasteiger partial charge in [-0.15, -0.1) is 0 Å². The van der Waals surface area contributed by atoms with Crippen LogP contribution in [0, 0.1) is 0 Å². The maximum Gasteiger partial charge on any atom is 0.171 e. The van der Waals surface area contributed by atoms with Crippen molar-refractivity contribution < 1.29 is 9.59 Å². The summed E-state index contributed by atoms with van der Waals surface area (Å²) in [4.78, 5) is 35.9. The van der Waals surface area contributed by atoms with Gasteiger partial charge in [0, 0.05) is 23.5 Å². The van der Waals surface area contributed by atoms with Crippen molar-refractivity contribution >= 4 is 11.6 Å². The average molecular weight is 406 g/mol. The van der Waals surface area contributed by atoms with Crippen LogP contribution in [0.1, 0.15) is 50.4 Å². The van der Waals surface area contributed by atoms with E-state index < -0.39 is 11.8 Å². The third-order valence-electron chi connectivity index (χ3n) is 5.31. The van der Waals surface area contributed by atoms with Crippen LogP contribution in [0.4, 0.5) is 0 Å². The molecule has 0 N–H and O–H groups in total. The first-order valence-electron chi connectivity index (χ1n) is 10.2. The highest BCUT2D eigenvalue weighted by molar-refractivity contribution is 6.03. The van der Waals surface area contributed by atoms with Crippen LogP contribution in [-0.4, -0.2) is 21.5 Å². The van der Waals surface area contributed by atoms with E-state index in [0.29, 0.717) is 22.5 Å². The molecule has 0 spiro atoms. The molecule has 0 saturated heterocycles. The van der Waals surface area contributed by atoms with Crippen LogP contribution in [0.3, 0.4) is 0 Å². The fourth-order valence-corrected chi connectivity index (χ4v) is 3.73. The fourth-order valence-electron chi connectivity index (χ4n) is 3.73. The Morgan fingerprint density at radius 1 is 0.548 bits per heavy atom. The van der Waals surface area contributed by atoms with E-state index in [1.54, 1.807) is 36.7 Å². The fraction of sp³-hybridized carbons (Fsp3) is 0.111. The molecule has 2 aromatic carbocycles. The number of hydrogen-bond donors (Lipinski definition) is 0. The van der Waals surface area contributed by atoms with Crippen LogP contribution in [0.2, 0.25) is 0 Å². The highest BCUT2D eigenvalue weighted by Crippen LogP contribution is 2.33. The van der Waals surface area contributed by atoms with Crippen molar-refractivity contribution in [2.75, 3.05) is 0 Å². The van der Waals surface area contributed by atoms with Gasteiger partial charge in [0.2, 0.25) is 0 Å². The molecule has 0 saturated carbocycles. The summed E-state index contributed by atoms with van der Waals surface area (Å²) >= 11 is 0. The predicted molar refractivity (Wildman–Crippen MR) is 120 cm³/mol. The number of aromatic nitrogens is 2. The number of nitrogens with zero attached hydrogens (tertiary/aromatic N) is 2. The minimum absolute atomic E-state index is 0.0545. The molecule has 0 fully saturated rings. The lowest BCUT2D eigenvalue weighted by molar-refractivity contribution is 0.0915. The number of carbonyl (C=O) groups is 2. The standard InChI is InChI=1S/C27H22N2O2/c30-26(20-11-3-1-4-12-20)22(24-15-7-9-17-28-24)19-23(25-16-8-10-18-29-25)27(31)21-13-5-2-6-14-21/h1-18,22-23H,19H2. The van der Waals surface area contributed by atoms with Gasteiger partial charge < -0.3 is 0 Å². The van der Waals surface area contributed by atoms with E-state index in [-0.39, 0.29) is 18.0 Å². The highest BCUT2D eigenvalue weighted by Gasteiger charge is 2.32. The zero-order valence-corrected chi connectivity index (χ0v) is 17.0. The van der Waals surface area contributed by atoms with E-state index in [2.05, 4.69) is 9.97 Å². The summed E-state index contributed by atoms with van der Waals surface area (Å²) in [7, 11) is 0. The monoisotopic (exact) mass is 406 g/mol. The van der Waals surface area contributed by atoms with Crippen molar-refractivity contribution in [3.8, 4) is 0 Å². The van der Waals surface area contributed by atoms with E-state index in [0.717, 1.165) is 0 Å². The van der Waals surface area contributed by atoms with Gasteiger partial charge in [-0.25, -0.2) is 0 Å². The maximum atomic E-state index is 13.5. The molecule has 0 radical (unpaired) electrons. The minimum atomic E-state index is -0.566. The number of hydrogen-bond acceptors (Lipinski definition) is 4. The van der Waals surface area contributed by atoms with Crippen molar-refractivity contribution in [2.24, 2.45) is 0 Å². The first-order valence-corrected chi connectivity index (χ1v) is 10.2. The number of rotatable bonds is 8. The van der Waals surface area contributed by atoms with Gasteiger partial charge in [-0.2, -0.15) is 0 Å². The van der Waals surface area contributed by atoms with Gasteiger partial charge in [0.05, 0.1) is 23.2 Å². The third kappa shape index (κ3) is 4.81. The topological polar surface area (TPSA) is 59.9 Å². The highest BCUT2D eigenvalue weighted by atomic mass is 16.1. The molecule has 2 atom stereocenters. The lowest BCUT2D eigenvalue weighted by atomic mass is 9.81. The average Bonchev–Trinajstić information content (AvgIpc) is 2.86. The van der Waals surface area contributed by atoms with Gasteiger partial charge in [0.25, 0.3) is 0 Å². The Hall–Kier alpha value is -3.92. The summed E-state index contributed by atoms with van der Waals surface area (Å²) in [5.41, 5.74) is 2.51. The summed E-state index contributed by atoms with van der Waals surface area (Å²) in [5.74, 6) is -1.24. The lowest BCUT2D eigenvalue weighted by Crippen LogP contribution is -2.22. The Labute approximate surface area is 181 Å². The number of benzene rings is 2. The van der Waals surface area contributed by atoms with Crippen molar-refractivity contribution in [2.45, 2.75) is 18.3 Å². The number of carbonyl (C=O) groups excluding carboxylic acids is 2. The third-order valence-corrected chi connectivity index (χ3v) is 5.31. The van der Waals surface area contributed by atoms with Crippen LogP contribution in [0.5, 0.6) is 0 Å². The molecule has 152 valence electrons. The second-order valence-corrected chi connectivity index (χ2v) is 7.31. The van der Waals surface area contributed by atoms with E-state index in [9.17, 15) is 9.59 Å². The predicted octanol–water partition coefficient (Wildman–Crippen LogP) is 5.50. The Kier molecular flexibility index (Phi) is 6.38. The van der Waals surface area contributed by atoms with Crippen molar-refractivity contribution in [3.05, 3.63) is 132 Å². The second kappa shape index (κ2) is 9.72. The molecule has 0 aliphatic carbocycles. The zero-order valence-electron chi connectivity index (χ0n) is 17.0. The summed E-state index contributed by atoms with van der Waals surface area (Å²) in [6.45, 7) is 0. The molecule has 2 heterocycles. The Bertz CT molecular complexity index is 1040. The molecule has 0 amide bonds. The normalized spacial score (nSPS) is 12.6. The van der Waals surface area contributed by atoms with Crippen LogP contribution in [0.15, 0.2) is 109 Å². The van der Waals surface area contributed by atoms with Gasteiger partial charge in [-0.05, 0) is 30.7 Å². The molecule has 31 heavy (non-hydrogen) atoms. The van der Waals surface area contributed by atoms with E-state index in [4.69, 9.17) is 0 Å². The van der Waals surface area contributed by atoms with Crippen LogP contribution >= 0.6 is 0 Å². The minimum Gasteiger partial charge on any atom is -0.293 e. The zero-order chi connectivity index (χ0) is 21.5. The Morgan fingerprint density at radius 3 is 1.29 bits per heavy atom. The molecule has 4 rings (SSSR count). The smallest absolute Gasteiger partial charge is 0.171 e. The summed E-state index contributed by atoms with van der Waals surface area (Å²) < 4.78 is 0. The Balaban J connectivity index is 1.75. The maximum absolute atomic E-state index is 13.5. The molecule has 4 heteroatoms. The molecular weight excluding hydrogens is 384 g/mol. The molecule has 4 aromatic rings. The second-order valence-electron chi connectivity index (χ2n) is 7.31.